The standard InChI is InChI=1S/C13H24N2O/c1-2-16-12-7-11(8-12)14-13-9-15-5-3-10(13)4-6-15/h10-14H,2-9H2,1H3. The Labute approximate surface area is 98.5 Å². The first-order chi connectivity index (χ1) is 7.85. The molecule has 1 atom stereocenters. The molecule has 3 heterocycles. The Morgan fingerprint density at radius 1 is 1.25 bits per heavy atom. The van der Waals surface area contributed by atoms with Gasteiger partial charge in [0, 0.05) is 25.2 Å². The van der Waals surface area contributed by atoms with Gasteiger partial charge in [-0.15, -0.1) is 0 Å². The molecular weight excluding hydrogens is 200 g/mol. The van der Waals surface area contributed by atoms with Crippen molar-refractivity contribution in [2.75, 3.05) is 26.2 Å². The highest BCUT2D eigenvalue weighted by Crippen LogP contribution is 2.30. The van der Waals surface area contributed by atoms with Gasteiger partial charge in [-0.3, -0.25) is 0 Å². The molecule has 3 saturated heterocycles. The highest BCUT2D eigenvalue weighted by Gasteiger charge is 2.38. The minimum absolute atomic E-state index is 0.545. The van der Waals surface area contributed by atoms with Crippen LogP contribution < -0.4 is 5.32 Å². The van der Waals surface area contributed by atoms with Gasteiger partial charge in [0.1, 0.15) is 0 Å². The van der Waals surface area contributed by atoms with Crippen LogP contribution in [0.2, 0.25) is 0 Å². The third-order valence-corrected chi connectivity index (χ3v) is 4.60. The van der Waals surface area contributed by atoms with E-state index < -0.39 is 0 Å². The second kappa shape index (κ2) is 4.63. The molecule has 2 bridgehead atoms. The van der Waals surface area contributed by atoms with Gasteiger partial charge in [-0.05, 0) is 51.6 Å². The van der Waals surface area contributed by atoms with Crippen LogP contribution in [0.1, 0.15) is 32.6 Å². The smallest absolute Gasteiger partial charge is 0.0604 e. The number of nitrogens with zero attached hydrogens (tertiary/aromatic N) is 1. The van der Waals surface area contributed by atoms with E-state index in [1.165, 1.54) is 45.3 Å². The summed E-state index contributed by atoms with van der Waals surface area (Å²) in [4.78, 5) is 2.62. The molecule has 0 aromatic heterocycles. The molecule has 3 aliphatic heterocycles. The van der Waals surface area contributed by atoms with E-state index in [-0.39, 0.29) is 0 Å². The van der Waals surface area contributed by atoms with E-state index in [9.17, 15) is 0 Å². The molecule has 4 aliphatic rings. The van der Waals surface area contributed by atoms with Gasteiger partial charge < -0.3 is 15.0 Å². The fraction of sp³-hybridized carbons (Fsp3) is 1.00. The number of piperidine rings is 3. The highest BCUT2D eigenvalue weighted by molar-refractivity contribution is 4.95. The molecule has 4 fully saturated rings. The summed E-state index contributed by atoms with van der Waals surface area (Å²) < 4.78 is 5.61. The van der Waals surface area contributed by atoms with E-state index in [1.807, 2.05) is 0 Å². The first kappa shape index (κ1) is 11.0. The molecule has 16 heavy (non-hydrogen) atoms. The van der Waals surface area contributed by atoms with Crippen molar-refractivity contribution < 1.29 is 4.74 Å². The lowest BCUT2D eigenvalue weighted by Gasteiger charge is -2.48. The zero-order valence-electron chi connectivity index (χ0n) is 10.3. The Morgan fingerprint density at radius 3 is 2.56 bits per heavy atom. The summed E-state index contributed by atoms with van der Waals surface area (Å²) in [5.41, 5.74) is 0. The van der Waals surface area contributed by atoms with E-state index >= 15 is 0 Å². The lowest BCUT2D eigenvalue weighted by Crippen LogP contribution is -2.60. The maximum absolute atomic E-state index is 5.61. The number of ether oxygens (including phenoxy) is 1. The maximum Gasteiger partial charge on any atom is 0.0604 e. The van der Waals surface area contributed by atoms with E-state index in [0.29, 0.717) is 6.10 Å². The SMILES string of the molecule is CCOC1CC(NC2CN3CCC2CC3)C1. The second-order valence-electron chi connectivity index (χ2n) is 5.66. The van der Waals surface area contributed by atoms with Crippen LogP contribution in [-0.4, -0.2) is 49.3 Å². The molecular formula is C13H24N2O. The van der Waals surface area contributed by atoms with Gasteiger partial charge in [-0.1, -0.05) is 0 Å². The quantitative estimate of drug-likeness (QED) is 0.777. The molecule has 4 rings (SSSR count). The molecule has 92 valence electrons. The van der Waals surface area contributed by atoms with Crippen LogP contribution >= 0.6 is 0 Å². The Bertz CT molecular complexity index is 232. The normalized spacial score (nSPS) is 46.7. The fourth-order valence-electron chi connectivity index (χ4n) is 3.53. The van der Waals surface area contributed by atoms with Crippen LogP contribution in [0.3, 0.4) is 0 Å². The summed E-state index contributed by atoms with van der Waals surface area (Å²) in [5, 5.41) is 3.85. The molecule has 1 saturated carbocycles. The van der Waals surface area contributed by atoms with Crippen molar-refractivity contribution in [3.05, 3.63) is 0 Å². The third kappa shape index (κ3) is 2.13. The summed E-state index contributed by atoms with van der Waals surface area (Å²) in [6, 6.07) is 1.51. The molecule has 0 aromatic carbocycles. The lowest BCUT2D eigenvalue weighted by atomic mass is 9.81. The van der Waals surface area contributed by atoms with Gasteiger partial charge in [-0.2, -0.15) is 0 Å². The van der Waals surface area contributed by atoms with Crippen molar-refractivity contribution in [3.63, 3.8) is 0 Å². The number of fused-ring (bicyclic) bond motifs is 3. The van der Waals surface area contributed by atoms with Crippen LogP contribution in [0.25, 0.3) is 0 Å². The van der Waals surface area contributed by atoms with Crippen molar-refractivity contribution >= 4 is 0 Å². The summed E-state index contributed by atoms with van der Waals surface area (Å²) in [5.74, 6) is 0.955. The topological polar surface area (TPSA) is 24.5 Å². The predicted octanol–water partition coefficient (Wildman–Crippen LogP) is 1.24. The first-order valence-corrected chi connectivity index (χ1v) is 6.95. The molecule has 1 unspecified atom stereocenters. The van der Waals surface area contributed by atoms with Gasteiger partial charge >= 0.3 is 0 Å². The highest BCUT2D eigenvalue weighted by atomic mass is 16.5. The van der Waals surface area contributed by atoms with Crippen LogP contribution in [0.4, 0.5) is 0 Å². The molecule has 0 aromatic rings. The zero-order valence-corrected chi connectivity index (χ0v) is 10.3. The summed E-state index contributed by atoms with van der Waals surface area (Å²) >= 11 is 0. The van der Waals surface area contributed by atoms with Crippen LogP contribution in [0, 0.1) is 5.92 Å². The Kier molecular flexibility index (Phi) is 3.18. The molecule has 3 heteroatoms. The van der Waals surface area contributed by atoms with Crippen molar-refractivity contribution in [2.45, 2.75) is 50.8 Å². The third-order valence-electron chi connectivity index (χ3n) is 4.60. The van der Waals surface area contributed by atoms with Crippen molar-refractivity contribution in [1.82, 2.24) is 10.2 Å². The van der Waals surface area contributed by atoms with Gasteiger partial charge in [0.2, 0.25) is 0 Å². The fourth-order valence-corrected chi connectivity index (χ4v) is 3.53. The summed E-state index contributed by atoms with van der Waals surface area (Å²) in [6.07, 6.45) is 5.84. The van der Waals surface area contributed by atoms with Crippen molar-refractivity contribution in [2.24, 2.45) is 5.92 Å². The number of nitrogens with one attached hydrogen (secondary N) is 1. The minimum Gasteiger partial charge on any atom is -0.378 e. The lowest BCUT2D eigenvalue weighted by molar-refractivity contribution is -0.0228. The summed E-state index contributed by atoms with van der Waals surface area (Å²) in [6.45, 7) is 6.94. The van der Waals surface area contributed by atoms with Crippen molar-refractivity contribution in [3.8, 4) is 0 Å². The second-order valence-corrected chi connectivity index (χ2v) is 5.66. The average molecular weight is 224 g/mol. The minimum atomic E-state index is 0.545. The number of hydrogen-bond acceptors (Lipinski definition) is 3. The van der Waals surface area contributed by atoms with Crippen LogP contribution in [-0.2, 0) is 4.74 Å². The monoisotopic (exact) mass is 224 g/mol. The summed E-state index contributed by atoms with van der Waals surface area (Å²) in [7, 11) is 0. The van der Waals surface area contributed by atoms with Gasteiger partial charge in [0.05, 0.1) is 6.10 Å². The Balaban J connectivity index is 1.43. The molecule has 0 radical (unpaired) electrons. The van der Waals surface area contributed by atoms with Crippen LogP contribution in [0.15, 0.2) is 0 Å². The first-order valence-electron chi connectivity index (χ1n) is 6.95. The maximum atomic E-state index is 5.61. The molecule has 0 spiro atoms. The van der Waals surface area contributed by atoms with E-state index in [1.54, 1.807) is 0 Å². The Hall–Kier alpha value is -0.120. The molecule has 3 nitrogen and oxygen atoms in total. The van der Waals surface area contributed by atoms with Gasteiger partial charge in [0.25, 0.3) is 0 Å². The van der Waals surface area contributed by atoms with Gasteiger partial charge in [-0.25, -0.2) is 0 Å². The largest absolute Gasteiger partial charge is 0.378 e. The predicted molar refractivity (Wildman–Crippen MR) is 64.5 cm³/mol. The zero-order chi connectivity index (χ0) is 11.0. The number of hydrogen-bond donors (Lipinski definition) is 1. The van der Waals surface area contributed by atoms with E-state index in [4.69, 9.17) is 4.74 Å². The van der Waals surface area contributed by atoms with E-state index in [0.717, 1.165) is 24.6 Å². The molecule has 0 amide bonds. The average Bonchev–Trinajstić information content (AvgIpc) is 2.28. The molecule has 1 N–H and O–H groups in total. The van der Waals surface area contributed by atoms with Gasteiger partial charge in [0.15, 0.2) is 0 Å². The molecule has 1 aliphatic carbocycles. The van der Waals surface area contributed by atoms with Crippen molar-refractivity contribution in [1.29, 1.82) is 0 Å². The van der Waals surface area contributed by atoms with Crippen LogP contribution in [0.5, 0.6) is 0 Å². The number of rotatable bonds is 4. The van der Waals surface area contributed by atoms with E-state index in [2.05, 4.69) is 17.1 Å². The Morgan fingerprint density at radius 2 is 2.00 bits per heavy atom.